The van der Waals surface area contributed by atoms with Gasteiger partial charge >= 0.3 is 5.97 Å². The van der Waals surface area contributed by atoms with Gasteiger partial charge in [-0.1, -0.05) is 18.2 Å². The Morgan fingerprint density at radius 3 is 2.71 bits per heavy atom. The van der Waals surface area contributed by atoms with Crippen molar-refractivity contribution >= 4 is 5.97 Å². The number of methoxy groups -OCH3 is 1. The van der Waals surface area contributed by atoms with Crippen LogP contribution in [0.5, 0.6) is 11.5 Å². The summed E-state index contributed by atoms with van der Waals surface area (Å²) in [6, 6.07) is 4.32. The van der Waals surface area contributed by atoms with Crippen LogP contribution in [-0.2, 0) is 26.1 Å². The van der Waals surface area contributed by atoms with Crippen molar-refractivity contribution < 1.29 is 44.2 Å². The monoisotopic (exact) mass is 475 g/mol. The maximum Gasteiger partial charge on any atom is 0.335 e. The number of benzene rings is 1. The third kappa shape index (κ3) is 2.81. The molecule has 0 aromatic heterocycles. The fourth-order valence-electron chi connectivity index (χ4n) is 6.81. The molecule has 6 rings (SSSR count). The summed E-state index contributed by atoms with van der Waals surface area (Å²) in [5.41, 5.74) is 2.00. The van der Waals surface area contributed by atoms with Crippen molar-refractivity contribution in [2.45, 2.75) is 67.2 Å². The number of hydrogen-bond acceptors (Lipinski definition) is 9. The van der Waals surface area contributed by atoms with E-state index >= 15 is 0 Å². The number of aliphatic hydroxyl groups is 3. The third-order valence-corrected chi connectivity index (χ3v) is 8.44. The summed E-state index contributed by atoms with van der Waals surface area (Å²) in [4.78, 5) is 13.9. The molecule has 0 radical (unpaired) electrons. The Bertz CT molecular complexity index is 1050. The topological polar surface area (TPSA) is 138 Å². The number of carboxylic acids is 1. The van der Waals surface area contributed by atoms with Gasteiger partial charge in [0, 0.05) is 22.9 Å². The first kappa shape index (κ1) is 22.3. The SMILES string of the molecule is COc1ccc2c3c1O[C@H]1[C@@H](O[C@@H]4O[C@H](C(=O)O)[C@@H](O)C(O)[C@H]4O)C=C[C@H]4[C@H](C2)N(C)CC[C@@]341. The maximum atomic E-state index is 11.5. The fourth-order valence-corrected chi connectivity index (χ4v) is 6.81. The van der Waals surface area contributed by atoms with Crippen LogP contribution < -0.4 is 9.47 Å². The van der Waals surface area contributed by atoms with Gasteiger partial charge in [-0.05, 0) is 38.1 Å². The molecule has 5 aliphatic rings. The number of likely N-dealkylation sites (N-methyl/N-ethyl adjacent to an activating group) is 1. The van der Waals surface area contributed by atoms with Crippen molar-refractivity contribution in [3.63, 3.8) is 0 Å². The van der Waals surface area contributed by atoms with Crippen molar-refractivity contribution in [2.75, 3.05) is 20.7 Å². The van der Waals surface area contributed by atoms with Crippen molar-refractivity contribution in [1.29, 1.82) is 0 Å². The number of hydrogen-bond donors (Lipinski definition) is 4. The van der Waals surface area contributed by atoms with E-state index < -0.39 is 48.9 Å². The van der Waals surface area contributed by atoms with Gasteiger partial charge in [-0.25, -0.2) is 4.79 Å². The largest absolute Gasteiger partial charge is 0.493 e. The molecule has 1 aromatic carbocycles. The van der Waals surface area contributed by atoms with Crippen LogP contribution in [0.15, 0.2) is 24.3 Å². The molecule has 4 N–H and O–H groups in total. The number of aliphatic carboxylic acids is 1. The normalized spacial score (nSPS) is 44.3. The van der Waals surface area contributed by atoms with E-state index in [2.05, 4.69) is 24.1 Å². The maximum absolute atomic E-state index is 11.5. The minimum atomic E-state index is -1.77. The first-order chi connectivity index (χ1) is 16.3. The number of carbonyl (C=O) groups is 1. The van der Waals surface area contributed by atoms with E-state index in [1.54, 1.807) is 7.11 Å². The minimum absolute atomic E-state index is 0.188. The van der Waals surface area contributed by atoms with Crippen LogP contribution in [0.2, 0.25) is 0 Å². The lowest BCUT2D eigenvalue weighted by molar-refractivity contribution is -0.307. The summed E-state index contributed by atoms with van der Waals surface area (Å²) in [5, 5.41) is 40.1. The van der Waals surface area contributed by atoms with Crippen LogP contribution in [0.1, 0.15) is 17.5 Å². The standard InChI is InChI=1S/C24H29NO9/c1-25-8-7-24-11-4-6-14(32-23-18(28)16(26)17(27)20(34-23)22(29)30)21(24)33-19-13(31-2)5-3-10(15(19)24)9-12(11)25/h3-6,11-12,14,16-18,20-21,23,26-28H,7-9H2,1-2H3,(H,29,30)/t11-,12-,14-,16?,17-,18+,20-,21-,23+,24-/m0/s1. The van der Waals surface area contributed by atoms with Gasteiger partial charge in [0.2, 0.25) is 0 Å². The Hall–Kier alpha value is -2.21. The van der Waals surface area contributed by atoms with Crippen LogP contribution in [0.4, 0.5) is 0 Å². The number of carboxylic acid groups (broad SMARTS) is 1. The summed E-state index contributed by atoms with van der Waals surface area (Å²) in [6.07, 6.45) is -3.69. The molecule has 2 aliphatic carbocycles. The molecule has 3 aliphatic heterocycles. The third-order valence-electron chi connectivity index (χ3n) is 8.44. The van der Waals surface area contributed by atoms with Crippen LogP contribution in [-0.4, -0.2) is 101 Å². The molecule has 1 unspecified atom stereocenters. The minimum Gasteiger partial charge on any atom is -0.493 e. The highest BCUT2D eigenvalue weighted by molar-refractivity contribution is 5.73. The van der Waals surface area contributed by atoms with Crippen molar-refractivity contribution in [3.05, 3.63) is 35.4 Å². The number of aliphatic hydroxyl groups excluding tert-OH is 3. The molecule has 2 saturated heterocycles. The highest BCUT2D eigenvalue weighted by atomic mass is 16.7. The predicted octanol–water partition coefficient (Wildman–Crippen LogP) is -0.582. The van der Waals surface area contributed by atoms with Gasteiger partial charge in [-0.3, -0.25) is 0 Å². The van der Waals surface area contributed by atoms with Crippen molar-refractivity contribution in [3.8, 4) is 11.5 Å². The lowest BCUT2D eigenvalue weighted by Crippen LogP contribution is -2.66. The van der Waals surface area contributed by atoms with Gasteiger partial charge in [0.1, 0.15) is 30.5 Å². The number of rotatable bonds is 4. The van der Waals surface area contributed by atoms with E-state index in [9.17, 15) is 25.2 Å². The summed E-state index contributed by atoms with van der Waals surface area (Å²) in [5.74, 6) is 0.0951. The van der Waals surface area contributed by atoms with Gasteiger partial charge in [0.15, 0.2) is 23.9 Å². The molecule has 1 aromatic rings. The Kier molecular flexibility index (Phi) is 5.01. The highest BCUT2D eigenvalue weighted by Crippen LogP contribution is 2.62. The quantitative estimate of drug-likeness (QED) is 0.418. The van der Waals surface area contributed by atoms with Crippen LogP contribution >= 0.6 is 0 Å². The van der Waals surface area contributed by atoms with Gasteiger partial charge in [0.05, 0.1) is 7.11 Å². The van der Waals surface area contributed by atoms with E-state index in [1.807, 2.05) is 12.1 Å². The van der Waals surface area contributed by atoms with E-state index in [-0.39, 0.29) is 11.3 Å². The molecule has 10 heteroatoms. The molecule has 34 heavy (non-hydrogen) atoms. The second-order valence-corrected chi connectivity index (χ2v) is 9.96. The molecule has 2 bridgehead atoms. The molecule has 184 valence electrons. The number of nitrogens with zero attached hydrogens (tertiary/aromatic N) is 1. The molecule has 0 saturated carbocycles. The Labute approximate surface area is 196 Å². The van der Waals surface area contributed by atoms with Crippen molar-refractivity contribution in [1.82, 2.24) is 4.90 Å². The predicted molar refractivity (Wildman–Crippen MR) is 116 cm³/mol. The van der Waals surface area contributed by atoms with Crippen molar-refractivity contribution in [2.24, 2.45) is 5.92 Å². The molecular weight excluding hydrogens is 446 g/mol. The fraction of sp³-hybridized carbons (Fsp3) is 0.625. The second-order valence-electron chi connectivity index (χ2n) is 9.96. The van der Waals surface area contributed by atoms with E-state index in [1.165, 1.54) is 5.56 Å². The number of piperidine rings is 1. The molecule has 10 nitrogen and oxygen atoms in total. The Morgan fingerprint density at radius 1 is 1.18 bits per heavy atom. The molecular formula is C24H29NO9. The van der Waals surface area contributed by atoms with E-state index in [0.29, 0.717) is 17.5 Å². The zero-order chi connectivity index (χ0) is 23.9. The second kappa shape index (κ2) is 7.64. The smallest absolute Gasteiger partial charge is 0.335 e. The summed E-state index contributed by atoms with van der Waals surface area (Å²) in [6.45, 7) is 0.881. The Balaban J connectivity index is 1.39. The average Bonchev–Trinajstić information content (AvgIpc) is 3.17. The first-order valence-corrected chi connectivity index (χ1v) is 11.6. The van der Waals surface area contributed by atoms with Gasteiger partial charge in [-0.2, -0.15) is 0 Å². The molecule has 10 atom stereocenters. The van der Waals surface area contributed by atoms with Crippen LogP contribution in [0.25, 0.3) is 0 Å². The van der Waals surface area contributed by atoms with Gasteiger partial charge in [0.25, 0.3) is 0 Å². The van der Waals surface area contributed by atoms with E-state index in [0.717, 1.165) is 24.9 Å². The van der Waals surface area contributed by atoms with Crippen LogP contribution in [0.3, 0.4) is 0 Å². The first-order valence-electron chi connectivity index (χ1n) is 11.6. The van der Waals surface area contributed by atoms with E-state index in [4.69, 9.17) is 18.9 Å². The average molecular weight is 475 g/mol. The lowest BCUT2D eigenvalue weighted by atomic mass is 9.53. The zero-order valence-electron chi connectivity index (χ0n) is 18.9. The number of ether oxygens (including phenoxy) is 4. The summed E-state index contributed by atoms with van der Waals surface area (Å²) < 4.78 is 23.7. The van der Waals surface area contributed by atoms with Gasteiger partial charge in [-0.15, -0.1) is 0 Å². The number of likely N-dealkylation sites (tertiary alicyclic amines) is 1. The summed E-state index contributed by atoms with van der Waals surface area (Å²) >= 11 is 0. The highest BCUT2D eigenvalue weighted by Gasteiger charge is 2.65. The van der Waals surface area contributed by atoms with Crippen LogP contribution in [0, 0.1) is 5.92 Å². The molecule has 2 fully saturated rings. The molecule has 3 heterocycles. The molecule has 0 amide bonds. The Morgan fingerprint density at radius 2 is 1.97 bits per heavy atom. The summed E-state index contributed by atoms with van der Waals surface area (Å²) in [7, 11) is 3.75. The van der Waals surface area contributed by atoms with Gasteiger partial charge < -0.3 is 44.3 Å². The zero-order valence-corrected chi connectivity index (χ0v) is 18.9. The molecule has 1 spiro atoms. The lowest BCUT2D eigenvalue weighted by Gasteiger charge is -2.57.